The quantitative estimate of drug-likeness (QED) is 0.476. The fourth-order valence-corrected chi connectivity index (χ4v) is 6.62. The van der Waals surface area contributed by atoms with Crippen LogP contribution in [0.15, 0.2) is 53.7 Å². The maximum atomic E-state index is 13.0. The lowest BCUT2D eigenvalue weighted by atomic mass is 10.1. The Morgan fingerprint density at radius 2 is 1.70 bits per heavy atom. The van der Waals surface area contributed by atoms with Crippen molar-refractivity contribution >= 4 is 27.5 Å². The summed E-state index contributed by atoms with van der Waals surface area (Å²) < 4.78 is 25.7. The van der Waals surface area contributed by atoms with Gasteiger partial charge in [-0.25, -0.2) is 8.42 Å². The predicted octanol–water partition coefficient (Wildman–Crippen LogP) is 3.68. The number of carbonyl (C=O) groups excluding carboxylic acids is 1. The molecule has 4 rings (SSSR count). The van der Waals surface area contributed by atoms with Crippen molar-refractivity contribution in [2.75, 3.05) is 23.8 Å². The number of sulfone groups is 1. The largest absolute Gasteiger partial charge is 0.338 e. The lowest BCUT2D eigenvalue weighted by Crippen LogP contribution is -2.42. The summed E-state index contributed by atoms with van der Waals surface area (Å²) in [7, 11) is -3.06. The first-order valence-corrected chi connectivity index (χ1v) is 13.8. The van der Waals surface area contributed by atoms with Gasteiger partial charge in [0.25, 0.3) is 0 Å². The van der Waals surface area contributed by atoms with Crippen molar-refractivity contribution in [1.82, 2.24) is 19.7 Å². The smallest absolute Gasteiger partial charge is 0.233 e. The van der Waals surface area contributed by atoms with Gasteiger partial charge >= 0.3 is 0 Å². The number of aromatic nitrogens is 3. The minimum atomic E-state index is -3.06. The Balaban J connectivity index is 1.60. The zero-order valence-corrected chi connectivity index (χ0v) is 20.7. The van der Waals surface area contributed by atoms with Gasteiger partial charge in [0.05, 0.1) is 17.3 Å². The fraction of sp³-hybridized carbons (Fsp3) is 0.375. The average Bonchev–Trinajstić information content (AvgIpc) is 3.37. The number of aryl methyl sites for hydroxylation is 2. The van der Waals surface area contributed by atoms with Gasteiger partial charge in [-0.05, 0) is 39.3 Å². The van der Waals surface area contributed by atoms with Crippen LogP contribution >= 0.6 is 11.8 Å². The molecule has 0 radical (unpaired) electrons. The fourth-order valence-electron chi connectivity index (χ4n) is 4.05. The van der Waals surface area contributed by atoms with Gasteiger partial charge in [-0.3, -0.25) is 9.36 Å². The predicted molar refractivity (Wildman–Crippen MR) is 131 cm³/mol. The number of hydrogen-bond acceptors (Lipinski definition) is 6. The van der Waals surface area contributed by atoms with Gasteiger partial charge in [0.15, 0.2) is 20.8 Å². The third kappa shape index (κ3) is 5.30. The van der Waals surface area contributed by atoms with E-state index in [1.54, 1.807) is 4.90 Å². The van der Waals surface area contributed by atoms with Crippen molar-refractivity contribution in [3.05, 3.63) is 59.7 Å². The number of thioether (sulfide) groups is 1. The first-order valence-electron chi connectivity index (χ1n) is 11.0. The Labute approximate surface area is 199 Å². The van der Waals surface area contributed by atoms with Crippen molar-refractivity contribution in [2.45, 2.75) is 38.4 Å². The Bertz CT molecular complexity index is 1240. The summed E-state index contributed by atoms with van der Waals surface area (Å²) in [5, 5.41) is 9.47. The summed E-state index contributed by atoms with van der Waals surface area (Å²) >= 11 is 1.32. The third-order valence-corrected chi connectivity index (χ3v) is 8.53. The van der Waals surface area contributed by atoms with Crippen molar-refractivity contribution in [3.8, 4) is 17.1 Å². The van der Waals surface area contributed by atoms with E-state index in [4.69, 9.17) is 0 Å². The minimum absolute atomic E-state index is 0.0500. The summed E-state index contributed by atoms with van der Waals surface area (Å²) in [6.45, 7) is 6.45. The van der Waals surface area contributed by atoms with E-state index < -0.39 is 9.84 Å². The zero-order valence-electron chi connectivity index (χ0n) is 19.1. The highest BCUT2D eigenvalue weighted by Crippen LogP contribution is 2.29. The molecule has 2 aromatic carbocycles. The van der Waals surface area contributed by atoms with Crippen LogP contribution in [0.3, 0.4) is 0 Å². The molecule has 0 bridgehead atoms. The van der Waals surface area contributed by atoms with Crippen LogP contribution in [-0.4, -0.2) is 63.8 Å². The SMILES string of the molecule is CCN(C(=O)CSc1nnc(-c2ccc(C)cc2)n1-c1ccc(C)cc1)C1CCS(=O)(=O)C1. The number of carbonyl (C=O) groups is 1. The Morgan fingerprint density at radius 3 is 2.27 bits per heavy atom. The average molecular weight is 485 g/mol. The highest BCUT2D eigenvalue weighted by molar-refractivity contribution is 7.99. The van der Waals surface area contributed by atoms with Gasteiger partial charge in [0, 0.05) is 23.8 Å². The van der Waals surface area contributed by atoms with Crippen LogP contribution in [0.5, 0.6) is 0 Å². The highest BCUT2D eigenvalue weighted by Gasteiger charge is 2.34. The molecule has 1 aliphatic rings. The van der Waals surface area contributed by atoms with E-state index in [1.165, 1.54) is 11.8 Å². The molecule has 1 aromatic heterocycles. The molecule has 2 heterocycles. The van der Waals surface area contributed by atoms with E-state index in [0.29, 0.717) is 23.9 Å². The van der Waals surface area contributed by atoms with E-state index in [9.17, 15) is 13.2 Å². The number of rotatable bonds is 7. The lowest BCUT2D eigenvalue weighted by Gasteiger charge is -2.26. The molecule has 1 amide bonds. The Morgan fingerprint density at radius 1 is 1.06 bits per heavy atom. The molecule has 0 spiro atoms. The normalized spacial score (nSPS) is 17.2. The molecular formula is C24H28N4O3S2. The monoisotopic (exact) mass is 484 g/mol. The van der Waals surface area contributed by atoms with E-state index >= 15 is 0 Å². The molecule has 7 nitrogen and oxygen atoms in total. The second kappa shape index (κ2) is 9.69. The molecule has 174 valence electrons. The molecule has 0 aliphatic carbocycles. The summed E-state index contributed by atoms with van der Waals surface area (Å²) in [6, 6.07) is 16.0. The molecule has 1 fully saturated rings. The topological polar surface area (TPSA) is 85.2 Å². The van der Waals surface area contributed by atoms with Gasteiger partial charge < -0.3 is 4.90 Å². The molecule has 3 aromatic rings. The van der Waals surface area contributed by atoms with Crippen LogP contribution in [0, 0.1) is 13.8 Å². The van der Waals surface area contributed by atoms with E-state index in [2.05, 4.69) is 10.2 Å². The van der Waals surface area contributed by atoms with Gasteiger partial charge in [-0.1, -0.05) is 59.3 Å². The van der Waals surface area contributed by atoms with Crippen LogP contribution in [0.4, 0.5) is 0 Å². The van der Waals surface area contributed by atoms with Crippen molar-refractivity contribution in [3.63, 3.8) is 0 Å². The van der Waals surface area contributed by atoms with Crippen LogP contribution in [0.25, 0.3) is 17.1 Å². The maximum Gasteiger partial charge on any atom is 0.233 e. The lowest BCUT2D eigenvalue weighted by molar-refractivity contribution is -0.129. The molecule has 0 N–H and O–H groups in total. The van der Waals surface area contributed by atoms with Crippen LogP contribution in [0.1, 0.15) is 24.5 Å². The van der Waals surface area contributed by atoms with Gasteiger partial charge in [-0.2, -0.15) is 0 Å². The van der Waals surface area contributed by atoms with E-state index in [-0.39, 0.29) is 29.2 Å². The van der Waals surface area contributed by atoms with Gasteiger partial charge in [0.2, 0.25) is 5.91 Å². The van der Waals surface area contributed by atoms with Crippen molar-refractivity contribution < 1.29 is 13.2 Å². The van der Waals surface area contributed by atoms with Crippen LogP contribution in [-0.2, 0) is 14.6 Å². The van der Waals surface area contributed by atoms with E-state index in [1.807, 2.05) is 73.9 Å². The molecule has 1 unspecified atom stereocenters. The first kappa shape index (κ1) is 23.5. The maximum absolute atomic E-state index is 13.0. The van der Waals surface area contributed by atoms with E-state index in [0.717, 1.165) is 22.4 Å². The standard InChI is InChI=1S/C24H28N4O3S2/c1-4-27(21-13-14-33(30,31)16-21)22(29)15-32-24-26-25-23(19-9-5-17(2)6-10-19)28(24)20-11-7-18(3)8-12-20/h5-12,21H,4,13-16H2,1-3H3. The number of amides is 1. The first-order chi connectivity index (χ1) is 15.8. The van der Waals surface area contributed by atoms with Crippen LogP contribution < -0.4 is 0 Å². The minimum Gasteiger partial charge on any atom is -0.338 e. The molecule has 1 aliphatic heterocycles. The molecule has 9 heteroatoms. The molecule has 1 atom stereocenters. The molecule has 1 saturated heterocycles. The van der Waals surface area contributed by atoms with Gasteiger partial charge in [-0.15, -0.1) is 10.2 Å². The Hall–Kier alpha value is -2.65. The summed E-state index contributed by atoms with van der Waals surface area (Å²) in [6.07, 6.45) is 0.504. The summed E-state index contributed by atoms with van der Waals surface area (Å²) in [4.78, 5) is 14.7. The van der Waals surface area contributed by atoms with Crippen molar-refractivity contribution in [1.29, 1.82) is 0 Å². The number of hydrogen-bond donors (Lipinski definition) is 0. The second-order valence-corrected chi connectivity index (χ2v) is 11.5. The molecule has 33 heavy (non-hydrogen) atoms. The zero-order chi connectivity index (χ0) is 23.6. The second-order valence-electron chi connectivity index (χ2n) is 8.37. The number of benzene rings is 2. The Kier molecular flexibility index (Phi) is 6.90. The van der Waals surface area contributed by atoms with Gasteiger partial charge in [0.1, 0.15) is 0 Å². The summed E-state index contributed by atoms with van der Waals surface area (Å²) in [5.74, 6) is 0.996. The molecule has 0 saturated carbocycles. The number of nitrogens with zero attached hydrogens (tertiary/aromatic N) is 4. The highest BCUT2D eigenvalue weighted by atomic mass is 32.2. The molecular weight excluding hydrogens is 456 g/mol. The summed E-state index contributed by atoms with van der Waals surface area (Å²) in [5.41, 5.74) is 4.18. The van der Waals surface area contributed by atoms with Crippen LogP contribution in [0.2, 0.25) is 0 Å². The third-order valence-electron chi connectivity index (χ3n) is 5.87. The van der Waals surface area contributed by atoms with Crippen molar-refractivity contribution in [2.24, 2.45) is 0 Å².